The molecule has 5 heteroatoms. The van der Waals surface area contributed by atoms with E-state index in [1.54, 1.807) is 29.8 Å². The number of hydrogen-bond acceptors (Lipinski definition) is 2. The lowest BCUT2D eigenvalue weighted by Gasteiger charge is -2.26. The summed E-state index contributed by atoms with van der Waals surface area (Å²) in [5, 5.41) is 4.99. The van der Waals surface area contributed by atoms with Crippen LogP contribution in [0.3, 0.4) is 0 Å². The van der Waals surface area contributed by atoms with Crippen molar-refractivity contribution in [3.8, 4) is 0 Å². The Hall–Kier alpha value is -1.39. The number of nitrogens with zero attached hydrogens (tertiary/aromatic N) is 2. The SMILES string of the molecule is CCc1nn(C)c(CC(C)(N)c2ccccc2F)c1Cl. The molecular formula is C15H19ClFN3. The topological polar surface area (TPSA) is 43.8 Å². The molecule has 3 nitrogen and oxygen atoms in total. The van der Waals surface area contributed by atoms with Crippen LogP contribution in [-0.4, -0.2) is 9.78 Å². The minimum absolute atomic E-state index is 0.300. The molecule has 0 amide bonds. The van der Waals surface area contributed by atoms with Gasteiger partial charge in [0, 0.05) is 24.6 Å². The molecule has 0 aliphatic heterocycles. The number of nitrogens with two attached hydrogens (primary N) is 1. The van der Waals surface area contributed by atoms with Crippen molar-refractivity contribution in [1.29, 1.82) is 0 Å². The van der Waals surface area contributed by atoms with Crippen molar-refractivity contribution in [3.63, 3.8) is 0 Å². The minimum Gasteiger partial charge on any atom is -0.321 e. The van der Waals surface area contributed by atoms with Crippen LogP contribution in [0.4, 0.5) is 4.39 Å². The Bertz CT molecular complexity index is 620. The van der Waals surface area contributed by atoms with Crippen LogP contribution in [0.5, 0.6) is 0 Å². The highest BCUT2D eigenvalue weighted by molar-refractivity contribution is 6.31. The molecule has 0 saturated carbocycles. The molecule has 20 heavy (non-hydrogen) atoms. The van der Waals surface area contributed by atoms with Crippen LogP contribution in [0.25, 0.3) is 0 Å². The Balaban J connectivity index is 2.38. The lowest BCUT2D eigenvalue weighted by Crippen LogP contribution is -2.37. The first-order valence-corrected chi connectivity index (χ1v) is 6.98. The van der Waals surface area contributed by atoms with Gasteiger partial charge in [0.15, 0.2) is 0 Å². The zero-order valence-corrected chi connectivity index (χ0v) is 12.7. The fourth-order valence-corrected chi connectivity index (χ4v) is 2.74. The zero-order valence-electron chi connectivity index (χ0n) is 12.0. The van der Waals surface area contributed by atoms with E-state index in [1.165, 1.54) is 6.07 Å². The average Bonchev–Trinajstić information content (AvgIpc) is 2.66. The van der Waals surface area contributed by atoms with Crippen molar-refractivity contribution < 1.29 is 4.39 Å². The van der Waals surface area contributed by atoms with Gasteiger partial charge in [-0.25, -0.2) is 4.39 Å². The van der Waals surface area contributed by atoms with E-state index in [1.807, 2.05) is 14.0 Å². The van der Waals surface area contributed by atoms with Gasteiger partial charge >= 0.3 is 0 Å². The summed E-state index contributed by atoms with van der Waals surface area (Å²) in [5.74, 6) is -0.300. The second kappa shape index (κ2) is 5.54. The number of rotatable bonds is 4. The third-order valence-corrected chi connectivity index (χ3v) is 3.96. The molecular weight excluding hydrogens is 277 g/mol. The molecule has 1 aromatic carbocycles. The van der Waals surface area contributed by atoms with Crippen molar-refractivity contribution in [2.45, 2.75) is 32.2 Å². The van der Waals surface area contributed by atoms with Gasteiger partial charge in [-0.3, -0.25) is 4.68 Å². The van der Waals surface area contributed by atoms with Crippen molar-refractivity contribution in [3.05, 3.63) is 52.1 Å². The largest absolute Gasteiger partial charge is 0.321 e. The fourth-order valence-electron chi connectivity index (χ4n) is 2.38. The first-order valence-electron chi connectivity index (χ1n) is 6.61. The lowest BCUT2D eigenvalue weighted by molar-refractivity contribution is 0.444. The maximum atomic E-state index is 13.9. The monoisotopic (exact) mass is 295 g/mol. The highest BCUT2D eigenvalue weighted by Crippen LogP contribution is 2.29. The first kappa shape index (κ1) is 15.0. The van der Waals surface area contributed by atoms with Gasteiger partial charge in [0.05, 0.1) is 16.4 Å². The molecule has 0 saturated heterocycles. The van der Waals surface area contributed by atoms with Crippen LogP contribution in [0.1, 0.15) is 30.8 Å². The Morgan fingerprint density at radius 3 is 2.60 bits per heavy atom. The fraction of sp³-hybridized carbons (Fsp3) is 0.400. The first-order chi connectivity index (χ1) is 9.36. The van der Waals surface area contributed by atoms with Gasteiger partial charge in [-0.1, -0.05) is 36.7 Å². The van der Waals surface area contributed by atoms with E-state index in [-0.39, 0.29) is 5.82 Å². The van der Waals surface area contributed by atoms with Crippen molar-refractivity contribution in [2.75, 3.05) is 0 Å². The van der Waals surface area contributed by atoms with Gasteiger partial charge in [-0.05, 0) is 19.4 Å². The average molecular weight is 296 g/mol. The van der Waals surface area contributed by atoms with E-state index >= 15 is 0 Å². The van der Waals surface area contributed by atoms with Crippen molar-refractivity contribution >= 4 is 11.6 Å². The highest BCUT2D eigenvalue weighted by Gasteiger charge is 2.28. The number of aryl methyl sites for hydroxylation is 2. The van der Waals surface area contributed by atoms with Crippen molar-refractivity contribution in [1.82, 2.24) is 9.78 Å². The molecule has 2 N–H and O–H groups in total. The van der Waals surface area contributed by atoms with E-state index in [0.717, 1.165) is 17.8 Å². The highest BCUT2D eigenvalue weighted by atomic mass is 35.5. The molecule has 0 spiro atoms. The van der Waals surface area contributed by atoms with E-state index < -0.39 is 5.54 Å². The molecule has 0 bridgehead atoms. The summed E-state index contributed by atoms with van der Waals surface area (Å²) < 4.78 is 15.7. The molecule has 1 unspecified atom stereocenters. The Morgan fingerprint density at radius 2 is 2.05 bits per heavy atom. The standard InChI is InChI=1S/C15H19ClFN3/c1-4-12-14(16)13(20(3)19-12)9-15(2,18)10-7-5-6-8-11(10)17/h5-8H,4,9,18H2,1-3H3. The predicted octanol–water partition coefficient (Wildman–Crippen LogP) is 3.19. The number of benzene rings is 1. The lowest BCUT2D eigenvalue weighted by atomic mass is 9.88. The van der Waals surface area contributed by atoms with Crippen LogP contribution in [0.2, 0.25) is 5.02 Å². The molecule has 2 rings (SSSR count). The second-order valence-corrected chi connectivity index (χ2v) is 5.64. The Kier molecular flexibility index (Phi) is 4.16. The summed E-state index contributed by atoms with van der Waals surface area (Å²) in [6, 6.07) is 6.57. The molecule has 1 atom stereocenters. The third kappa shape index (κ3) is 2.72. The van der Waals surface area contributed by atoms with Crippen molar-refractivity contribution in [2.24, 2.45) is 12.8 Å². The summed E-state index contributed by atoms with van der Waals surface area (Å²) >= 11 is 6.33. The number of aromatic nitrogens is 2. The Labute approximate surface area is 123 Å². The molecule has 0 fully saturated rings. The van der Waals surface area contributed by atoms with Gasteiger partial charge < -0.3 is 5.73 Å². The number of halogens is 2. The van der Waals surface area contributed by atoms with Crippen LogP contribution in [-0.2, 0) is 25.4 Å². The second-order valence-electron chi connectivity index (χ2n) is 5.26. The molecule has 1 heterocycles. The molecule has 0 aliphatic carbocycles. The van der Waals surface area contributed by atoms with E-state index in [9.17, 15) is 4.39 Å². The molecule has 0 aliphatic rings. The summed E-state index contributed by atoms with van der Waals surface area (Å²) in [5.41, 5.74) is 7.63. The third-order valence-electron chi connectivity index (χ3n) is 3.53. The molecule has 108 valence electrons. The van der Waals surface area contributed by atoms with Gasteiger partial charge in [0.1, 0.15) is 5.82 Å². The maximum absolute atomic E-state index is 13.9. The summed E-state index contributed by atoms with van der Waals surface area (Å²) in [6.45, 7) is 3.80. The predicted molar refractivity (Wildman–Crippen MR) is 79.2 cm³/mol. The minimum atomic E-state index is -0.839. The van der Waals surface area contributed by atoms with Crippen LogP contribution >= 0.6 is 11.6 Å². The van der Waals surface area contributed by atoms with Gasteiger partial charge in [-0.15, -0.1) is 0 Å². The van der Waals surface area contributed by atoms with Gasteiger partial charge in [-0.2, -0.15) is 5.10 Å². The molecule has 2 aromatic rings. The summed E-state index contributed by atoms with van der Waals surface area (Å²) in [4.78, 5) is 0. The maximum Gasteiger partial charge on any atom is 0.128 e. The van der Waals surface area contributed by atoms with E-state index in [0.29, 0.717) is 17.0 Å². The van der Waals surface area contributed by atoms with Crippen LogP contribution in [0, 0.1) is 5.82 Å². The Morgan fingerprint density at radius 1 is 1.40 bits per heavy atom. The van der Waals surface area contributed by atoms with Crippen LogP contribution in [0.15, 0.2) is 24.3 Å². The number of hydrogen-bond donors (Lipinski definition) is 1. The molecule has 1 aromatic heterocycles. The van der Waals surface area contributed by atoms with Gasteiger partial charge in [0.25, 0.3) is 0 Å². The summed E-state index contributed by atoms with van der Waals surface area (Å²) in [6.07, 6.45) is 1.18. The molecule has 0 radical (unpaired) electrons. The van der Waals surface area contributed by atoms with Gasteiger partial charge in [0.2, 0.25) is 0 Å². The van der Waals surface area contributed by atoms with Crippen LogP contribution < -0.4 is 5.73 Å². The quantitative estimate of drug-likeness (QED) is 0.941. The summed E-state index contributed by atoms with van der Waals surface area (Å²) in [7, 11) is 1.83. The zero-order chi connectivity index (χ0) is 14.9. The smallest absolute Gasteiger partial charge is 0.128 e. The van der Waals surface area contributed by atoms with E-state index in [2.05, 4.69) is 5.10 Å². The van der Waals surface area contributed by atoms with E-state index in [4.69, 9.17) is 17.3 Å². The normalized spacial score (nSPS) is 14.3.